The molecule has 0 bridgehead atoms. The molecule has 6 nitrogen and oxygen atoms in total. The topological polar surface area (TPSA) is 70.7 Å². The maximum Gasteiger partial charge on any atom is 0.190 e. The molecule has 0 aliphatic carbocycles. The van der Waals surface area contributed by atoms with E-state index in [1.54, 1.807) is 0 Å². The lowest BCUT2D eigenvalue weighted by atomic mass is 10.1. The van der Waals surface area contributed by atoms with E-state index < -0.39 is 0 Å². The number of halogens is 1. The zero-order chi connectivity index (χ0) is 19.6. The second kappa shape index (κ2) is 13.1. The maximum absolute atomic E-state index is 5.74. The van der Waals surface area contributed by atoms with E-state index >= 15 is 0 Å². The van der Waals surface area contributed by atoms with Crippen molar-refractivity contribution in [1.82, 2.24) is 15.6 Å². The number of rotatable bonds is 10. The van der Waals surface area contributed by atoms with Crippen LogP contribution in [0.1, 0.15) is 30.9 Å². The number of aromatic amines is 1. The number of para-hydroxylation sites is 1. The van der Waals surface area contributed by atoms with Crippen LogP contribution in [0.3, 0.4) is 0 Å². The minimum atomic E-state index is 0. The van der Waals surface area contributed by atoms with Crippen molar-refractivity contribution in [2.45, 2.75) is 32.6 Å². The van der Waals surface area contributed by atoms with Gasteiger partial charge in [0, 0.05) is 56.4 Å². The summed E-state index contributed by atoms with van der Waals surface area (Å²) < 4.78 is 11.1. The molecule has 1 aromatic heterocycles. The van der Waals surface area contributed by atoms with Gasteiger partial charge in [0.2, 0.25) is 0 Å². The van der Waals surface area contributed by atoms with Crippen molar-refractivity contribution < 1.29 is 9.47 Å². The number of aromatic nitrogens is 1. The minimum Gasteiger partial charge on any atom is -0.381 e. The van der Waals surface area contributed by atoms with E-state index in [4.69, 9.17) is 9.47 Å². The Kier molecular flexibility index (Phi) is 10.8. The summed E-state index contributed by atoms with van der Waals surface area (Å²) in [5, 5.41) is 8.09. The third-order valence-electron chi connectivity index (χ3n) is 5.31. The Bertz CT molecular complexity index is 756. The molecule has 3 N–H and O–H groups in total. The van der Waals surface area contributed by atoms with Crippen LogP contribution in [0.4, 0.5) is 0 Å². The molecule has 1 atom stereocenters. The first-order chi connectivity index (χ1) is 13.8. The number of aliphatic imine (C=N–C) groups is 1. The van der Waals surface area contributed by atoms with Gasteiger partial charge in [0.1, 0.15) is 0 Å². The first-order valence-corrected chi connectivity index (χ1v) is 10.5. The van der Waals surface area contributed by atoms with Gasteiger partial charge in [-0.2, -0.15) is 0 Å². The molecule has 0 spiro atoms. The van der Waals surface area contributed by atoms with Crippen molar-refractivity contribution in [2.75, 3.05) is 46.6 Å². The standard InChI is InChI=1S/C22H34N4O2.HI/c1-3-18-6-4-7-20-19(14-26-21(18)20)8-11-25-22(23-2)24-10-5-12-27-15-17-9-13-28-16-17;/h4,6-7,14,17,26H,3,5,8-13,15-16H2,1-2H3,(H2,23,24,25);1H. The van der Waals surface area contributed by atoms with Gasteiger partial charge >= 0.3 is 0 Å². The number of aryl methyl sites for hydroxylation is 1. The third-order valence-corrected chi connectivity index (χ3v) is 5.31. The highest BCUT2D eigenvalue weighted by atomic mass is 127. The predicted octanol–water partition coefficient (Wildman–Crippen LogP) is 3.50. The molecule has 1 unspecified atom stereocenters. The van der Waals surface area contributed by atoms with Gasteiger partial charge in [-0.1, -0.05) is 25.1 Å². The van der Waals surface area contributed by atoms with Crippen LogP contribution in [0, 0.1) is 5.92 Å². The molecule has 0 amide bonds. The number of ether oxygens (including phenoxy) is 2. The molecule has 0 saturated carbocycles. The number of hydrogen-bond donors (Lipinski definition) is 3. The zero-order valence-corrected chi connectivity index (χ0v) is 20.0. The fourth-order valence-corrected chi connectivity index (χ4v) is 3.66. The van der Waals surface area contributed by atoms with Gasteiger partial charge < -0.3 is 25.1 Å². The van der Waals surface area contributed by atoms with Crippen LogP contribution < -0.4 is 10.6 Å². The average molecular weight is 514 g/mol. The van der Waals surface area contributed by atoms with Gasteiger partial charge in [-0.3, -0.25) is 4.99 Å². The summed E-state index contributed by atoms with van der Waals surface area (Å²) in [6.07, 6.45) is 6.24. The fourth-order valence-electron chi connectivity index (χ4n) is 3.66. The van der Waals surface area contributed by atoms with Crippen LogP contribution in [0.5, 0.6) is 0 Å². The van der Waals surface area contributed by atoms with Crippen LogP contribution in [0.15, 0.2) is 29.4 Å². The molecule has 1 saturated heterocycles. The largest absolute Gasteiger partial charge is 0.381 e. The van der Waals surface area contributed by atoms with Gasteiger partial charge in [-0.15, -0.1) is 24.0 Å². The van der Waals surface area contributed by atoms with E-state index in [-0.39, 0.29) is 24.0 Å². The monoisotopic (exact) mass is 514 g/mol. The van der Waals surface area contributed by atoms with Crippen LogP contribution in [0.25, 0.3) is 10.9 Å². The number of hydrogen-bond acceptors (Lipinski definition) is 3. The van der Waals surface area contributed by atoms with Gasteiger partial charge in [0.15, 0.2) is 5.96 Å². The normalized spacial score (nSPS) is 16.8. The summed E-state index contributed by atoms with van der Waals surface area (Å²) in [4.78, 5) is 7.75. The second-order valence-corrected chi connectivity index (χ2v) is 7.34. The Morgan fingerprint density at radius 2 is 2.14 bits per heavy atom. The van der Waals surface area contributed by atoms with Crippen LogP contribution in [-0.2, 0) is 22.3 Å². The first-order valence-electron chi connectivity index (χ1n) is 10.5. The molecular weight excluding hydrogens is 479 g/mol. The van der Waals surface area contributed by atoms with E-state index in [1.165, 1.54) is 22.0 Å². The highest BCUT2D eigenvalue weighted by molar-refractivity contribution is 14.0. The second-order valence-electron chi connectivity index (χ2n) is 7.34. The van der Waals surface area contributed by atoms with Gasteiger partial charge in [-0.05, 0) is 36.8 Å². The van der Waals surface area contributed by atoms with Gasteiger partial charge in [0.05, 0.1) is 13.2 Å². The smallest absolute Gasteiger partial charge is 0.190 e. The Morgan fingerprint density at radius 3 is 2.90 bits per heavy atom. The van der Waals surface area contributed by atoms with Crippen molar-refractivity contribution in [2.24, 2.45) is 10.9 Å². The van der Waals surface area contributed by atoms with Crippen molar-refractivity contribution in [3.63, 3.8) is 0 Å². The molecule has 0 radical (unpaired) electrons. The number of guanidine groups is 1. The molecular formula is C22H35IN4O2. The molecule has 1 aliphatic heterocycles. The van der Waals surface area contributed by atoms with E-state index in [9.17, 15) is 0 Å². The van der Waals surface area contributed by atoms with Crippen molar-refractivity contribution >= 4 is 40.8 Å². The molecule has 1 fully saturated rings. The van der Waals surface area contributed by atoms with E-state index in [2.05, 4.69) is 51.9 Å². The Hall–Kier alpha value is -1.32. The SMILES string of the molecule is CCc1cccc2c(CCNC(=NC)NCCCOCC3CCOC3)c[nH]c12.I. The highest BCUT2D eigenvalue weighted by Crippen LogP contribution is 2.22. The molecule has 162 valence electrons. The number of benzene rings is 1. The predicted molar refractivity (Wildman–Crippen MR) is 131 cm³/mol. The van der Waals surface area contributed by atoms with Crippen molar-refractivity contribution in [3.05, 3.63) is 35.5 Å². The van der Waals surface area contributed by atoms with Gasteiger partial charge in [0.25, 0.3) is 0 Å². The van der Waals surface area contributed by atoms with Crippen LogP contribution in [0.2, 0.25) is 0 Å². The van der Waals surface area contributed by atoms with Crippen molar-refractivity contribution in [1.29, 1.82) is 0 Å². The average Bonchev–Trinajstić information content (AvgIpc) is 3.39. The van der Waals surface area contributed by atoms with Crippen LogP contribution in [-0.4, -0.2) is 57.5 Å². The number of nitrogens with zero attached hydrogens (tertiary/aromatic N) is 1. The lowest BCUT2D eigenvalue weighted by Gasteiger charge is -2.12. The van der Waals surface area contributed by atoms with Crippen LogP contribution >= 0.6 is 24.0 Å². The summed E-state index contributed by atoms with van der Waals surface area (Å²) >= 11 is 0. The first kappa shape index (κ1) is 24.0. The highest BCUT2D eigenvalue weighted by Gasteiger charge is 2.15. The zero-order valence-electron chi connectivity index (χ0n) is 17.6. The van der Waals surface area contributed by atoms with E-state index in [0.29, 0.717) is 5.92 Å². The summed E-state index contributed by atoms with van der Waals surface area (Å²) in [5.41, 5.74) is 3.99. The van der Waals surface area contributed by atoms with E-state index in [0.717, 1.165) is 71.2 Å². The molecule has 3 rings (SSSR count). The number of fused-ring (bicyclic) bond motifs is 1. The summed E-state index contributed by atoms with van der Waals surface area (Å²) in [5.74, 6) is 1.43. The molecule has 7 heteroatoms. The summed E-state index contributed by atoms with van der Waals surface area (Å²) in [6, 6.07) is 6.54. The van der Waals surface area contributed by atoms with Gasteiger partial charge in [-0.25, -0.2) is 0 Å². The lowest BCUT2D eigenvalue weighted by Crippen LogP contribution is -2.39. The summed E-state index contributed by atoms with van der Waals surface area (Å²) in [7, 11) is 1.81. The lowest BCUT2D eigenvalue weighted by molar-refractivity contribution is 0.0888. The molecule has 29 heavy (non-hydrogen) atoms. The maximum atomic E-state index is 5.74. The Labute approximate surface area is 191 Å². The number of H-pyrrole nitrogens is 1. The number of nitrogens with one attached hydrogen (secondary N) is 3. The molecule has 2 aromatic rings. The van der Waals surface area contributed by atoms with E-state index in [1.807, 2.05) is 7.05 Å². The quantitative estimate of drug-likeness (QED) is 0.197. The summed E-state index contributed by atoms with van der Waals surface area (Å²) in [6.45, 7) is 7.23. The Morgan fingerprint density at radius 1 is 1.28 bits per heavy atom. The third kappa shape index (κ3) is 7.15. The molecule has 1 aliphatic rings. The molecule has 1 aromatic carbocycles. The van der Waals surface area contributed by atoms with Crippen molar-refractivity contribution in [3.8, 4) is 0 Å². The fraction of sp³-hybridized carbons (Fsp3) is 0.591. The minimum absolute atomic E-state index is 0. The Balaban J connectivity index is 0.00000300. The molecule has 2 heterocycles.